The van der Waals surface area contributed by atoms with Gasteiger partial charge in [-0.3, -0.25) is 0 Å². The molecule has 0 atom stereocenters. The lowest BCUT2D eigenvalue weighted by Crippen LogP contribution is -3.14. The minimum Gasteiger partial charge on any atom is -0.370 e. The van der Waals surface area contributed by atoms with E-state index in [4.69, 9.17) is 9.72 Å². The summed E-state index contributed by atoms with van der Waals surface area (Å²) in [5.74, 6) is 1.42. The molecule has 148 valence electrons. The van der Waals surface area contributed by atoms with Crippen molar-refractivity contribution < 1.29 is 9.64 Å². The molecule has 3 aromatic rings. The average Bonchev–Trinajstić information content (AvgIpc) is 3.32. The number of hydrogen-bond donors (Lipinski definition) is 2. The second-order valence-electron chi connectivity index (χ2n) is 8.18. The molecule has 0 saturated carbocycles. The number of pyridine rings is 1. The quantitative estimate of drug-likeness (QED) is 0.690. The number of hydrogen-bond acceptors (Lipinski definition) is 6. The Bertz CT molecular complexity index is 1010. The highest BCUT2D eigenvalue weighted by molar-refractivity contribution is 7.26. The van der Waals surface area contributed by atoms with Crippen LogP contribution in [0.15, 0.2) is 6.33 Å². The lowest BCUT2D eigenvalue weighted by Gasteiger charge is -2.23. The first-order chi connectivity index (χ1) is 13.7. The Morgan fingerprint density at radius 2 is 2.00 bits per heavy atom. The summed E-state index contributed by atoms with van der Waals surface area (Å²) in [7, 11) is 0. The Hall–Kier alpha value is -1.83. The van der Waals surface area contributed by atoms with E-state index in [1.54, 1.807) is 22.6 Å². The molecule has 2 N–H and O–H groups in total. The van der Waals surface area contributed by atoms with Crippen LogP contribution >= 0.6 is 11.3 Å². The SMILES string of the molecule is CC(C)c1nc2sc3c(NCC[NH+]4CCOCC4)ncnc3c2c2c1CCC2. The van der Waals surface area contributed by atoms with Gasteiger partial charge in [0.05, 0.1) is 36.5 Å². The molecule has 6 nitrogen and oxygen atoms in total. The molecule has 1 fully saturated rings. The maximum atomic E-state index is 5.45. The van der Waals surface area contributed by atoms with Crippen molar-refractivity contribution in [1.82, 2.24) is 15.0 Å². The molecule has 0 aromatic carbocycles. The predicted octanol–water partition coefficient (Wildman–Crippen LogP) is 2.18. The third-order valence-corrected chi connectivity index (χ3v) is 7.10. The summed E-state index contributed by atoms with van der Waals surface area (Å²) in [6.45, 7) is 10.4. The van der Waals surface area contributed by atoms with E-state index in [1.807, 2.05) is 0 Å². The van der Waals surface area contributed by atoms with Crippen LogP contribution in [0.3, 0.4) is 0 Å². The Balaban J connectivity index is 1.50. The second-order valence-corrected chi connectivity index (χ2v) is 9.18. The first kappa shape index (κ1) is 18.2. The van der Waals surface area contributed by atoms with Gasteiger partial charge in [0.25, 0.3) is 0 Å². The van der Waals surface area contributed by atoms with Crippen molar-refractivity contribution in [3.8, 4) is 0 Å². The van der Waals surface area contributed by atoms with Gasteiger partial charge in [-0.15, -0.1) is 11.3 Å². The average molecular weight is 399 g/mol. The number of rotatable bonds is 5. The van der Waals surface area contributed by atoms with Crippen molar-refractivity contribution in [3.05, 3.63) is 23.1 Å². The van der Waals surface area contributed by atoms with Crippen LogP contribution in [-0.4, -0.2) is 54.3 Å². The summed E-state index contributed by atoms with van der Waals surface area (Å²) in [4.78, 5) is 17.0. The molecule has 0 unspecified atom stereocenters. The van der Waals surface area contributed by atoms with Gasteiger partial charge in [-0.05, 0) is 36.3 Å². The zero-order chi connectivity index (χ0) is 19.1. The van der Waals surface area contributed by atoms with Gasteiger partial charge in [-0.1, -0.05) is 13.8 Å². The van der Waals surface area contributed by atoms with Crippen LogP contribution in [0.25, 0.3) is 20.4 Å². The highest BCUT2D eigenvalue weighted by atomic mass is 32.1. The van der Waals surface area contributed by atoms with Crippen LogP contribution in [0, 0.1) is 0 Å². The summed E-state index contributed by atoms with van der Waals surface area (Å²) in [5, 5.41) is 4.85. The van der Waals surface area contributed by atoms with Crippen LogP contribution < -0.4 is 10.2 Å². The Morgan fingerprint density at radius 1 is 1.18 bits per heavy atom. The zero-order valence-corrected chi connectivity index (χ0v) is 17.5. The first-order valence-corrected chi connectivity index (χ1v) is 11.3. The highest BCUT2D eigenvalue weighted by Gasteiger charge is 2.25. The van der Waals surface area contributed by atoms with Crippen LogP contribution in [-0.2, 0) is 17.6 Å². The van der Waals surface area contributed by atoms with Crippen molar-refractivity contribution in [2.75, 3.05) is 44.7 Å². The van der Waals surface area contributed by atoms with E-state index in [-0.39, 0.29) is 0 Å². The number of nitrogens with zero attached hydrogens (tertiary/aromatic N) is 3. The van der Waals surface area contributed by atoms with Crippen molar-refractivity contribution >= 4 is 37.6 Å². The number of quaternary nitrogens is 1. The third kappa shape index (κ3) is 3.15. The molecule has 0 radical (unpaired) electrons. The van der Waals surface area contributed by atoms with Crippen LogP contribution in [0.2, 0.25) is 0 Å². The maximum Gasteiger partial charge on any atom is 0.147 e. The number of nitrogens with one attached hydrogen (secondary N) is 2. The standard InChI is InChI=1S/C21H27N5OS/c1-13(2)17-15-5-3-4-14(15)16-18-19(28-21(16)25-17)20(24-12-23-18)22-6-7-26-8-10-27-11-9-26/h12-13H,3-11H2,1-2H3,(H,22,23,24)/p+1. The van der Waals surface area contributed by atoms with Gasteiger partial charge >= 0.3 is 0 Å². The molecule has 0 spiro atoms. The van der Waals surface area contributed by atoms with E-state index < -0.39 is 0 Å². The fourth-order valence-corrected chi connectivity index (χ4v) is 5.73. The van der Waals surface area contributed by atoms with Gasteiger partial charge in [0.1, 0.15) is 30.1 Å². The van der Waals surface area contributed by atoms with Crippen molar-refractivity contribution in [1.29, 1.82) is 0 Å². The van der Waals surface area contributed by atoms with E-state index in [0.717, 1.165) is 73.1 Å². The number of aryl methyl sites for hydroxylation is 1. The molecular weight excluding hydrogens is 370 g/mol. The van der Waals surface area contributed by atoms with Crippen molar-refractivity contribution in [2.24, 2.45) is 0 Å². The number of morpholine rings is 1. The molecule has 1 aliphatic carbocycles. The van der Waals surface area contributed by atoms with Gasteiger partial charge in [0, 0.05) is 11.1 Å². The molecule has 0 bridgehead atoms. The van der Waals surface area contributed by atoms with E-state index in [0.29, 0.717) is 5.92 Å². The summed E-state index contributed by atoms with van der Waals surface area (Å²) in [6, 6.07) is 0. The first-order valence-electron chi connectivity index (χ1n) is 10.5. The molecule has 28 heavy (non-hydrogen) atoms. The van der Waals surface area contributed by atoms with Crippen LogP contribution in [0.1, 0.15) is 43.0 Å². The number of ether oxygens (including phenoxy) is 1. The molecule has 5 rings (SSSR count). The summed E-state index contributed by atoms with van der Waals surface area (Å²) < 4.78 is 6.60. The van der Waals surface area contributed by atoms with E-state index in [2.05, 4.69) is 29.1 Å². The number of fused-ring (bicyclic) bond motifs is 5. The van der Waals surface area contributed by atoms with E-state index in [9.17, 15) is 0 Å². The van der Waals surface area contributed by atoms with Gasteiger partial charge in [0.2, 0.25) is 0 Å². The lowest BCUT2D eigenvalue weighted by molar-refractivity contribution is -0.906. The third-order valence-electron chi connectivity index (χ3n) is 6.02. The van der Waals surface area contributed by atoms with Gasteiger partial charge in [-0.25, -0.2) is 15.0 Å². The maximum absolute atomic E-state index is 5.45. The van der Waals surface area contributed by atoms with Gasteiger partial charge in [-0.2, -0.15) is 0 Å². The molecular formula is C21H28N5OS+. The van der Waals surface area contributed by atoms with Gasteiger partial charge < -0.3 is 15.0 Å². The lowest BCUT2D eigenvalue weighted by atomic mass is 9.99. The minimum absolute atomic E-state index is 0.460. The number of aromatic nitrogens is 3. The molecule has 3 aromatic heterocycles. The van der Waals surface area contributed by atoms with Gasteiger partial charge in [0.15, 0.2) is 0 Å². The predicted molar refractivity (Wildman–Crippen MR) is 114 cm³/mol. The Morgan fingerprint density at radius 3 is 2.82 bits per heavy atom. The smallest absolute Gasteiger partial charge is 0.147 e. The van der Waals surface area contributed by atoms with E-state index in [1.165, 1.54) is 28.6 Å². The number of anilines is 1. The molecule has 1 saturated heterocycles. The van der Waals surface area contributed by atoms with Crippen LogP contribution in [0.4, 0.5) is 5.82 Å². The topological polar surface area (TPSA) is 64.4 Å². The largest absolute Gasteiger partial charge is 0.370 e. The molecule has 7 heteroatoms. The summed E-state index contributed by atoms with van der Waals surface area (Å²) in [6.07, 6.45) is 5.23. The summed E-state index contributed by atoms with van der Waals surface area (Å²) >= 11 is 1.75. The van der Waals surface area contributed by atoms with E-state index >= 15 is 0 Å². The minimum atomic E-state index is 0.460. The fourth-order valence-electron chi connectivity index (χ4n) is 4.60. The van der Waals surface area contributed by atoms with Crippen molar-refractivity contribution in [2.45, 2.75) is 39.0 Å². The fraction of sp³-hybridized carbons (Fsp3) is 0.571. The molecule has 0 amide bonds. The molecule has 1 aliphatic heterocycles. The molecule has 2 aliphatic rings. The Labute approximate surface area is 169 Å². The zero-order valence-electron chi connectivity index (χ0n) is 16.7. The van der Waals surface area contributed by atoms with Crippen molar-refractivity contribution in [3.63, 3.8) is 0 Å². The summed E-state index contributed by atoms with van der Waals surface area (Å²) in [5.41, 5.74) is 5.33. The van der Waals surface area contributed by atoms with Crippen LogP contribution in [0.5, 0.6) is 0 Å². The second kappa shape index (κ2) is 7.54. The monoisotopic (exact) mass is 398 g/mol. The number of thiophene rings is 1. The molecule has 4 heterocycles. The highest BCUT2D eigenvalue weighted by Crippen LogP contribution is 2.42. The normalized spacial score (nSPS) is 17.7. The Kier molecular flexibility index (Phi) is 4.90.